The second-order valence-electron chi connectivity index (χ2n) is 6.22. The van der Waals surface area contributed by atoms with E-state index in [-0.39, 0.29) is 6.04 Å². The minimum absolute atomic E-state index is 0.245. The molecule has 0 radical (unpaired) electrons. The number of methoxy groups -OCH3 is 1. The Kier molecular flexibility index (Phi) is 4.39. The van der Waals surface area contributed by atoms with E-state index in [0.29, 0.717) is 6.04 Å². The molecule has 2 unspecified atom stereocenters. The lowest BCUT2D eigenvalue weighted by Crippen LogP contribution is -2.46. The van der Waals surface area contributed by atoms with Gasteiger partial charge in [-0.05, 0) is 49.3 Å². The van der Waals surface area contributed by atoms with Crippen molar-refractivity contribution >= 4 is 0 Å². The monoisotopic (exact) mass is 274 g/mol. The van der Waals surface area contributed by atoms with Gasteiger partial charge in [0.2, 0.25) is 0 Å². The molecular weight excluding hydrogens is 248 g/mol. The number of benzene rings is 1. The zero-order valence-electron chi connectivity index (χ0n) is 12.4. The Balaban J connectivity index is 1.81. The third-order valence-corrected chi connectivity index (χ3v) is 4.67. The van der Waals surface area contributed by atoms with Gasteiger partial charge >= 0.3 is 0 Å². The fourth-order valence-electron chi connectivity index (χ4n) is 3.43. The van der Waals surface area contributed by atoms with E-state index in [0.717, 1.165) is 32.0 Å². The Hall–Kier alpha value is -0.900. The number of nitrogens with two attached hydrogens (primary N) is 1. The molecule has 0 spiro atoms. The summed E-state index contributed by atoms with van der Waals surface area (Å²) >= 11 is 0. The van der Waals surface area contributed by atoms with Crippen molar-refractivity contribution in [3.63, 3.8) is 0 Å². The van der Waals surface area contributed by atoms with Gasteiger partial charge in [-0.3, -0.25) is 4.90 Å². The van der Waals surface area contributed by atoms with E-state index in [1.54, 1.807) is 7.11 Å². The molecule has 1 heterocycles. The normalized spacial score (nSPS) is 27.7. The van der Waals surface area contributed by atoms with Crippen LogP contribution in [-0.4, -0.2) is 37.7 Å². The molecule has 2 aliphatic rings. The molecule has 2 N–H and O–H groups in total. The van der Waals surface area contributed by atoms with Gasteiger partial charge in [0.1, 0.15) is 0 Å². The SMILES string of the molecule is COCCN1CCCC(N)C1c1cccc(C2CC2)c1. The summed E-state index contributed by atoms with van der Waals surface area (Å²) < 4.78 is 5.25. The minimum Gasteiger partial charge on any atom is -0.383 e. The molecule has 3 rings (SSSR count). The Bertz CT molecular complexity index is 444. The van der Waals surface area contributed by atoms with Crippen molar-refractivity contribution in [2.45, 2.75) is 43.7 Å². The summed E-state index contributed by atoms with van der Waals surface area (Å²) in [5.74, 6) is 0.808. The molecule has 0 aromatic heterocycles. The van der Waals surface area contributed by atoms with E-state index in [4.69, 9.17) is 10.5 Å². The molecule has 0 bridgehead atoms. The van der Waals surface area contributed by atoms with Gasteiger partial charge in [0.15, 0.2) is 0 Å². The van der Waals surface area contributed by atoms with Crippen molar-refractivity contribution < 1.29 is 4.74 Å². The van der Waals surface area contributed by atoms with Crippen LogP contribution < -0.4 is 5.73 Å². The maximum absolute atomic E-state index is 6.43. The zero-order valence-corrected chi connectivity index (χ0v) is 12.4. The number of hydrogen-bond acceptors (Lipinski definition) is 3. The fourth-order valence-corrected chi connectivity index (χ4v) is 3.43. The van der Waals surface area contributed by atoms with E-state index in [2.05, 4.69) is 29.2 Å². The smallest absolute Gasteiger partial charge is 0.0589 e. The first kappa shape index (κ1) is 14.1. The van der Waals surface area contributed by atoms with Crippen molar-refractivity contribution in [1.29, 1.82) is 0 Å². The van der Waals surface area contributed by atoms with E-state index in [1.165, 1.54) is 30.4 Å². The van der Waals surface area contributed by atoms with Crippen molar-refractivity contribution in [2.24, 2.45) is 5.73 Å². The molecule has 1 aliphatic carbocycles. The van der Waals surface area contributed by atoms with Crippen molar-refractivity contribution in [3.05, 3.63) is 35.4 Å². The number of likely N-dealkylation sites (tertiary alicyclic amines) is 1. The molecule has 2 fully saturated rings. The van der Waals surface area contributed by atoms with Crippen LogP contribution in [0.5, 0.6) is 0 Å². The van der Waals surface area contributed by atoms with Gasteiger partial charge in [-0.1, -0.05) is 24.3 Å². The summed E-state index contributed by atoms with van der Waals surface area (Å²) in [7, 11) is 1.77. The Morgan fingerprint density at radius 3 is 2.80 bits per heavy atom. The molecular formula is C17H26N2O. The third-order valence-electron chi connectivity index (χ3n) is 4.67. The van der Waals surface area contributed by atoms with Gasteiger partial charge in [0, 0.05) is 25.7 Å². The first-order chi connectivity index (χ1) is 9.79. The zero-order chi connectivity index (χ0) is 13.9. The van der Waals surface area contributed by atoms with Gasteiger partial charge in [0.05, 0.1) is 6.61 Å². The largest absolute Gasteiger partial charge is 0.383 e. The Labute approximate surface area is 122 Å². The lowest BCUT2D eigenvalue weighted by Gasteiger charge is -2.40. The maximum Gasteiger partial charge on any atom is 0.0589 e. The number of nitrogens with zero attached hydrogens (tertiary/aromatic N) is 1. The lowest BCUT2D eigenvalue weighted by molar-refractivity contribution is 0.0848. The van der Waals surface area contributed by atoms with Gasteiger partial charge in [-0.15, -0.1) is 0 Å². The molecule has 1 aromatic rings. The third kappa shape index (κ3) is 3.05. The van der Waals surface area contributed by atoms with Crippen molar-refractivity contribution in [1.82, 2.24) is 4.90 Å². The highest BCUT2D eigenvalue weighted by molar-refractivity contribution is 5.32. The highest BCUT2D eigenvalue weighted by Crippen LogP contribution is 2.41. The van der Waals surface area contributed by atoms with Crippen LogP contribution in [0.3, 0.4) is 0 Å². The highest BCUT2D eigenvalue weighted by atomic mass is 16.5. The molecule has 3 nitrogen and oxygen atoms in total. The summed E-state index contributed by atoms with van der Waals surface area (Å²) in [6, 6.07) is 9.73. The van der Waals surface area contributed by atoms with Gasteiger partial charge in [-0.2, -0.15) is 0 Å². The maximum atomic E-state index is 6.43. The highest BCUT2D eigenvalue weighted by Gasteiger charge is 2.31. The minimum atomic E-state index is 0.245. The van der Waals surface area contributed by atoms with Crippen LogP contribution in [0.25, 0.3) is 0 Å². The second-order valence-corrected chi connectivity index (χ2v) is 6.22. The summed E-state index contributed by atoms with van der Waals surface area (Å²) in [6.07, 6.45) is 5.03. The quantitative estimate of drug-likeness (QED) is 0.897. The molecule has 3 heteroatoms. The first-order valence-corrected chi connectivity index (χ1v) is 7.88. The van der Waals surface area contributed by atoms with E-state index in [1.807, 2.05) is 0 Å². The molecule has 20 heavy (non-hydrogen) atoms. The van der Waals surface area contributed by atoms with Crippen LogP contribution in [0.1, 0.15) is 48.8 Å². The molecule has 1 aliphatic heterocycles. The predicted octanol–water partition coefficient (Wildman–Crippen LogP) is 2.67. The number of rotatable bonds is 5. The van der Waals surface area contributed by atoms with Crippen LogP contribution >= 0.6 is 0 Å². The van der Waals surface area contributed by atoms with Crippen LogP contribution in [0.2, 0.25) is 0 Å². The molecule has 1 aromatic carbocycles. The van der Waals surface area contributed by atoms with E-state index in [9.17, 15) is 0 Å². The van der Waals surface area contributed by atoms with E-state index >= 15 is 0 Å². The average molecular weight is 274 g/mol. The molecule has 0 amide bonds. The number of ether oxygens (including phenoxy) is 1. The molecule has 2 atom stereocenters. The standard InChI is InChI=1S/C17H26N2O/c1-20-11-10-19-9-3-6-16(18)17(19)15-5-2-4-14(12-15)13-7-8-13/h2,4-5,12-13,16-17H,3,6-11,18H2,1H3. The van der Waals surface area contributed by atoms with Gasteiger partial charge in [-0.25, -0.2) is 0 Å². The molecule has 1 saturated carbocycles. The van der Waals surface area contributed by atoms with Crippen LogP contribution in [-0.2, 0) is 4.74 Å². The average Bonchev–Trinajstić information content (AvgIpc) is 3.30. The van der Waals surface area contributed by atoms with Gasteiger partial charge in [0.25, 0.3) is 0 Å². The second kappa shape index (κ2) is 6.25. The van der Waals surface area contributed by atoms with E-state index < -0.39 is 0 Å². The number of hydrogen-bond donors (Lipinski definition) is 1. The van der Waals surface area contributed by atoms with Crippen LogP contribution in [0, 0.1) is 0 Å². The first-order valence-electron chi connectivity index (χ1n) is 7.88. The van der Waals surface area contributed by atoms with Gasteiger partial charge < -0.3 is 10.5 Å². The van der Waals surface area contributed by atoms with Crippen molar-refractivity contribution in [3.8, 4) is 0 Å². The molecule has 110 valence electrons. The summed E-state index contributed by atoms with van der Waals surface area (Å²) in [5, 5.41) is 0. The summed E-state index contributed by atoms with van der Waals surface area (Å²) in [4.78, 5) is 2.50. The number of piperidine rings is 1. The summed E-state index contributed by atoms with van der Waals surface area (Å²) in [5.41, 5.74) is 9.34. The fraction of sp³-hybridized carbons (Fsp3) is 0.647. The Morgan fingerprint density at radius 1 is 1.25 bits per heavy atom. The summed E-state index contributed by atoms with van der Waals surface area (Å²) in [6.45, 7) is 2.89. The Morgan fingerprint density at radius 2 is 2.05 bits per heavy atom. The molecule has 1 saturated heterocycles. The van der Waals surface area contributed by atoms with Crippen LogP contribution in [0.15, 0.2) is 24.3 Å². The lowest BCUT2D eigenvalue weighted by atomic mass is 9.89. The topological polar surface area (TPSA) is 38.5 Å². The van der Waals surface area contributed by atoms with Crippen LogP contribution in [0.4, 0.5) is 0 Å². The predicted molar refractivity (Wildman–Crippen MR) is 81.8 cm³/mol. The van der Waals surface area contributed by atoms with Crippen molar-refractivity contribution in [2.75, 3.05) is 26.8 Å².